The average molecular weight is 148 g/mol. The normalized spacial score (nSPS) is 10.8. The van der Waals surface area contributed by atoms with E-state index < -0.39 is 11.9 Å². The molecule has 0 spiro atoms. The van der Waals surface area contributed by atoms with Gasteiger partial charge < -0.3 is 10.2 Å². The highest BCUT2D eigenvalue weighted by Gasteiger charge is 1.83. The first kappa shape index (κ1) is 12.0. The molecule has 10 heavy (non-hydrogen) atoms. The minimum absolute atomic E-state index is 0.139. The van der Waals surface area contributed by atoms with Crippen LogP contribution >= 0.6 is 0 Å². The van der Waals surface area contributed by atoms with Crippen LogP contribution in [0.2, 0.25) is 0 Å². The molecule has 0 saturated heterocycles. The zero-order chi connectivity index (χ0) is 8.57. The van der Waals surface area contributed by atoms with Crippen molar-refractivity contribution in [3.8, 4) is 0 Å². The Hall–Kier alpha value is -0.740. The molecule has 0 aromatic rings. The van der Waals surface area contributed by atoms with E-state index in [2.05, 4.69) is 0 Å². The number of aliphatic hydroxyl groups is 2. The van der Waals surface area contributed by atoms with Gasteiger partial charge in [-0.3, -0.25) is 9.59 Å². The van der Waals surface area contributed by atoms with E-state index in [1.165, 1.54) is 13.8 Å². The summed E-state index contributed by atoms with van der Waals surface area (Å²) in [7, 11) is 0. The van der Waals surface area contributed by atoms with Crippen LogP contribution in [0.4, 0.5) is 0 Å². The van der Waals surface area contributed by atoms with Gasteiger partial charge in [0.15, 0.2) is 12.1 Å². The third-order valence-electron chi connectivity index (χ3n) is 0.430. The molecule has 0 fully saturated rings. The monoisotopic (exact) mass is 148 g/mol. The maximum atomic E-state index is 9.44. The highest BCUT2D eigenvalue weighted by Crippen LogP contribution is 1.68. The molecule has 2 N–H and O–H groups in total. The zero-order valence-electron chi connectivity index (χ0n) is 6.07. The summed E-state index contributed by atoms with van der Waals surface area (Å²) in [5.74, 6) is -0.426. The lowest BCUT2D eigenvalue weighted by Gasteiger charge is -1.90. The predicted molar refractivity (Wildman–Crippen MR) is 35.5 cm³/mol. The molecule has 4 heteroatoms. The third kappa shape index (κ3) is 26.8. The molecule has 1 unspecified atom stereocenters. The predicted octanol–water partition coefficient (Wildman–Crippen LogP) is -0.866. The molecular formula is C6H12O4. The van der Waals surface area contributed by atoms with Crippen molar-refractivity contribution in [3.63, 3.8) is 0 Å². The number of carbonyl (C=O) groups is 2. The summed E-state index contributed by atoms with van der Waals surface area (Å²) in [6.45, 7) is 2.60. The van der Waals surface area contributed by atoms with Gasteiger partial charge in [0, 0.05) is 6.92 Å². The van der Waals surface area contributed by atoms with E-state index >= 15 is 0 Å². The van der Waals surface area contributed by atoms with Gasteiger partial charge in [-0.05, 0) is 6.92 Å². The Labute approximate surface area is 59.5 Å². The van der Waals surface area contributed by atoms with Crippen molar-refractivity contribution < 1.29 is 19.8 Å². The molecule has 0 radical (unpaired) electrons. The van der Waals surface area contributed by atoms with E-state index in [1.54, 1.807) is 0 Å². The molecule has 0 aromatic heterocycles. The lowest BCUT2D eigenvalue weighted by molar-refractivity contribution is -0.128. The molecule has 0 aliphatic rings. The fraction of sp³-hybridized carbons (Fsp3) is 0.667. The second-order valence-electron chi connectivity index (χ2n) is 1.76. The van der Waals surface area contributed by atoms with Crippen LogP contribution in [-0.2, 0) is 9.59 Å². The molecule has 0 aliphatic heterocycles. The van der Waals surface area contributed by atoms with Gasteiger partial charge in [0.1, 0.15) is 0 Å². The van der Waals surface area contributed by atoms with E-state index in [9.17, 15) is 4.79 Å². The molecule has 0 rings (SSSR count). The van der Waals surface area contributed by atoms with Crippen molar-refractivity contribution >= 4 is 12.1 Å². The van der Waals surface area contributed by atoms with Crippen LogP contribution in [-0.4, -0.2) is 35.0 Å². The molecule has 0 saturated carbocycles. The molecule has 0 aromatic carbocycles. The summed E-state index contributed by atoms with van der Waals surface area (Å²) in [4.78, 5) is 18.6. The van der Waals surface area contributed by atoms with Gasteiger partial charge in [-0.2, -0.15) is 0 Å². The largest absolute Gasteiger partial charge is 0.394 e. The Balaban J connectivity index is 0. The Morgan fingerprint density at radius 1 is 1.70 bits per heavy atom. The van der Waals surface area contributed by atoms with Gasteiger partial charge in [-0.15, -0.1) is 0 Å². The topological polar surface area (TPSA) is 74.6 Å². The Morgan fingerprint density at radius 2 is 1.90 bits per heavy atom. The fourth-order valence-corrected chi connectivity index (χ4v) is 0. The SMILES string of the molecule is CC(=O)C=O.CC(O)CO. The van der Waals surface area contributed by atoms with E-state index in [1.807, 2.05) is 0 Å². The van der Waals surface area contributed by atoms with Crippen LogP contribution in [0.15, 0.2) is 0 Å². The van der Waals surface area contributed by atoms with Gasteiger partial charge in [-0.25, -0.2) is 0 Å². The van der Waals surface area contributed by atoms with E-state index in [0.29, 0.717) is 0 Å². The van der Waals surface area contributed by atoms with Crippen molar-refractivity contribution in [1.29, 1.82) is 0 Å². The van der Waals surface area contributed by atoms with Crippen molar-refractivity contribution in [2.24, 2.45) is 0 Å². The summed E-state index contributed by atoms with van der Waals surface area (Å²) < 4.78 is 0. The lowest BCUT2D eigenvalue weighted by Crippen LogP contribution is -2.03. The number of Topliss-reactive ketones (excluding diaryl/α,β-unsaturated/α-hetero) is 1. The Kier molecular flexibility index (Phi) is 9.90. The quantitative estimate of drug-likeness (QED) is 0.394. The molecule has 0 amide bonds. The number of aldehydes is 1. The van der Waals surface area contributed by atoms with Gasteiger partial charge in [-0.1, -0.05) is 0 Å². The van der Waals surface area contributed by atoms with E-state index in [0.717, 1.165) is 0 Å². The molecule has 60 valence electrons. The fourth-order valence-electron chi connectivity index (χ4n) is 0. The Bertz CT molecular complexity index is 97.9. The number of hydrogen-bond donors (Lipinski definition) is 2. The van der Waals surface area contributed by atoms with Crippen molar-refractivity contribution in [2.45, 2.75) is 20.0 Å². The van der Waals surface area contributed by atoms with Gasteiger partial charge in [0.2, 0.25) is 0 Å². The maximum Gasteiger partial charge on any atom is 0.192 e. The van der Waals surface area contributed by atoms with Crippen molar-refractivity contribution in [1.82, 2.24) is 0 Å². The summed E-state index contributed by atoms with van der Waals surface area (Å²) in [6, 6.07) is 0. The first-order valence-corrected chi connectivity index (χ1v) is 2.79. The minimum Gasteiger partial charge on any atom is -0.394 e. The van der Waals surface area contributed by atoms with Crippen LogP contribution in [0, 0.1) is 0 Å². The van der Waals surface area contributed by atoms with Crippen LogP contribution in [0.5, 0.6) is 0 Å². The molecule has 0 aliphatic carbocycles. The number of hydrogen-bond acceptors (Lipinski definition) is 4. The molecule has 0 heterocycles. The molecule has 4 nitrogen and oxygen atoms in total. The van der Waals surface area contributed by atoms with Gasteiger partial charge in [0.25, 0.3) is 0 Å². The second-order valence-corrected chi connectivity index (χ2v) is 1.76. The van der Waals surface area contributed by atoms with Gasteiger partial charge in [0.05, 0.1) is 12.7 Å². The lowest BCUT2D eigenvalue weighted by atomic mass is 10.5. The summed E-state index contributed by atoms with van der Waals surface area (Å²) in [5, 5.41) is 16.0. The maximum absolute atomic E-state index is 9.44. The summed E-state index contributed by atoms with van der Waals surface area (Å²) in [5.41, 5.74) is 0. The summed E-state index contributed by atoms with van der Waals surface area (Å²) >= 11 is 0. The first-order chi connectivity index (χ1) is 4.54. The highest BCUT2D eigenvalue weighted by molar-refractivity contribution is 6.23. The number of rotatable bonds is 2. The standard InChI is InChI=1S/C3H8O2.C3H4O2/c2*1-3(5)2-4/h3-5H,2H2,1H3;2H,1H3. The number of aliphatic hydroxyl groups excluding tert-OH is 2. The van der Waals surface area contributed by atoms with Crippen LogP contribution in [0.25, 0.3) is 0 Å². The van der Waals surface area contributed by atoms with Gasteiger partial charge >= 0.3 is 0 Å². The van der Waals surface area contributed by atoms with Crippen molar-refractivity contribution in [3.05, 3.63) is 0 Å². The van der Waals surface area contributed by atoms with Crippen molar-refractivity contribution in [2.75, 3.05) is 6.61 Å². The van der Waals surface area contributed by atoms with Crippen LogP contribution in [0.3, 0.4) is 0 Å². The number of ketones is 1. The zero-order valence-corrected chi connectivity index (χ0v) is 6.07. The molecular weight excluding hydrogens is 136 g/mol. The Morgan fingerprint density at radius 3 is 1.90 bits per heavy atom. The van der Waals surface area contributed by atoms with Crippen LogP contribution < -0.4 is 0 Å². The number of carbonyl (C=O) groups excluding carboxylic acids is 2. The smallest absolute Gasteiger partial charge is 0.192 e. The van der Waals surface area contributed by atoms with E-state index in [-0.39, 0.29) is 12.9 Å². The average Bonchev–Trinajstić information content (AvgIpc) is 1.89. The van der Waals surface area contributed by atoms with E-state index in [4.69, 9.17) is 15.0 Å². The summed E-state index contributed by atoms with van der Waals surface area (Å²) in [6.07, 6.45) is -0.282. The first-order valence-electron chi connectivity index (χ1n) is 2.79. The second kappa shape index (κ2) is 8.26. The minimum atomic E-state index is -0.560. The van der Waals surface area contributed by atoms with Crippen LogP contribution in [0.1, 0.15) is 13.8 Å². The molecule has 0 bridgehead atoms. The molecule has 1 atom stereocenters. The third-order valence-corrected chi connectivity index (χ3v) is 0.430. The highest BCUT2D eigenvalue weighted by atomic mass is 16.3.